The van der Waals surface area contributed by atoms with E-state index in [1.807, 2.05) is 0 Å². The molecule has 28 heavy (non-hydrogen) atoms. The number of imide groups is 1. The molecule has 2 unspecified atom stereocenters. The highest BCUT2D eigenvalue weighted by Gasteiger charge is 2.56. The van der Waals surface area contributed by atoms with E-state index in [4.69, 9.17) is 25.9 Å². The molecule has 2 aromatic carbocycles. The molecule has 0 aromatic heterocycles. The fourth-order valence-electron chi connectivity index (χ4n) is 3.29. The Labute approximate surface area is 164 Å². The fraction of sp³-hybridized carbons (Fsp3) is 0.211. The third-order valence-electron chi connectivity index (χ3n) is 4.66. The van der Waals surface area contributed by atoms with E-state index in [-0.39, 0.29) is 16.4 Å². The predicted octanol–water partition coefficient (Wildman–Crippen LogP) is 2.79. The molecule has 0 saturated carbocycles. The van der Waals surface area contributed by atoms with Crippen molar-refractivity contribution in [1.29, 1.82) is 0 Å². The van der Waals surface area contributed by atoms with Gasteiger partial charge in [-0.3, -0.25) is 9.59 Å². The van der Waals surface area contributed by atoms with Crippen LogP contribution in [0.4, 0.5) is 10.1 Å². The Hall–Kier alpha value is -3.13. The van der Waals surface area contributed by atoms with E-state index in [9.17, 15) is 14.0 Å². The maximum absolute atomic E-state index is 13.8. The largest absolute Gasteiger partial charge is 0.497 e. The van der Waals surface area contributed by atoms with E-state index in [2.05, 4.69) is 5.16 Å². The van der Waals surface area contributed by atoms with Crippen molar-refractivity contribution in [2.45, 2.75) is 6.10 Å². The molecule has 0 N–H and O–H groups in total. The van der Waals surface area contributed by atoms with Crippen molar-refractivity contribution in [2.24, 2.45) is 11.1 Å². The van der Waals surface area contributed by atoms with Crippen molar-refractivity contribution in [2.75, 3.05) is 19.1 Å². The maximum Gasteiger partial charge on any atom is 0.278 e. The number of anilines is 1. The third-order valence-corrected chi connectivity index (χ3v) is 4.96. The van der Waals surface area contributed by atoms with Crippen molar-refractivity contribution in [3.63, 3.8) is 0 Å². The lowest BCUT2D eigenvalue weighted by Gasteiger charge is -2.16. The number of hydrogen-bond donors (Lipinski definition) is 0. The molecule has 0 aliphatic carbocycles. The Bertz CT molecular complexity index is 1030. The van der Waals surface area contributed by atoms with Gasteiger partial charge in [-0.25, -0.2) is 9.29 Å². The van der Waals surface area contributed by atoms with Crippen LogP contribution < -0.4 is 14.4 Å². The summed E-state index contributed by atoms with van der Waals surface area (Å²) in [6, 6.07) is 8.70. The minimum absolute atomic E-state index is 0.0796. The molecule has 9 heteroatoms. The van der Waals surface area contributed by atoms with Crippen LogP contribution in [-0.2, 0) is 14.4 Å². The molecule has 2 aliphatic heterocycles. The van der Waals surface area contributed by atoms with Gasteiger partial charge in [0.15, 0.2) is 0 Å². The van der Waals surface area contributed by atoms with Crippen LogP contribution in [0.5, 0.6) is 11.5 Å². The number of fused-ring (bicyclic) bond motifs is 1. The van der Waals surface area contributed by atoms with E-state index in [1.54, 1.807) is 18.2 Å². The zero-order valence-corrected chi connectivity index (χ0v) is 15.6. The molecule has 4 rings (SSSR count). The summed E-state index contributed by atoms with van der Waals surface area (Å²) in [6.45, 7) is 0. The number of amides is 2. The summed E-state index contributed by atoms with van der Waals surface area (Å²) in [6.07, 6.45) is -1.12. The number of methoxy groups -OCH3 is 2. The van der Waals surface area contributed by atoms with Gasteiger partial charge < -0.3 is 14.3 Å². The second-order valence-electron chi connectivity index (χ2n) is 6.16. The Morgan fingerprint density at radius 1 is 1.11 bits per heavy atom. The van der Waals surface area contributed by atoms with E-state index in [1.165, 1.54) is 26.4 Å². The van der Waals surface area contributed by atoms with Gasteiger partial charge in [-0.05, 0) is 30.3 Å². The molecule has 0 spiro atoms. The number of ether oxygens (including phenoxy) is 2. The van der Waals surface area contributed by atoms with Gasteiger partial charge in [-0.1, -0.05) is 16.8 Å². The molecule has 2 heterocycles. The zero-order valence-electron chi connectivity index (χ0n) is 14.8. The standard InChI is InChI=1S/C19H14ClFN2O5/c1-26-10-4-5-11(14(8-10)27-2)16-15-17(28-22-16)19(25)23(18(15)24)9-3-6-12(20)13(21)7-9/h3-8,15,17H,1-2H3. The van der Waals surface area contributed by atoms with Crippen molar-refractivity contribution < 1.29 is 28.3 Å². The van der Waals surface area contributed by atoms with E-state index in [0.29, 0.717) is 17.1 Å². The summed E-state index contributed by atoms with van der Waals surface area (Å²) >= 11 is 5.69. The summed E-state index contributed by atoms with van der Waals surface area (Å²) in [5, 5.41) is 3.84. The minimum atomic E-state index is -1.12. The van der Waals surface area contributed by atoms with Crippen LogP contribution in [0.25, 0.3) is 0 Å². The number of benzene rings is 2. The smallest absolute Gasteiger partial charge is 0.278 e. The van der Waals surface area contributed by atoms with Crippen LogP contribution in [0.2, 0.25) is 5.02 Å². The molecule has 2 atom stereocenters. The summed E-state index contributed by atoms with van der Waals surface area (Å²) in [5.74, 6) is -1.91. The van der Waals surface area contributed by atoms with Gasteiger partial charge in [0.25, 0.3) is 5.91 Å². The lowest BCUT2D eigenvalue weighted by molar-refractivity contribution is -0.126. The average Bonchev–Trinajstić information content (AvgIpc) is 3.24. The topological polar surface area (TPSA) is 77.4 Å². The third kappa shape index (κ3) is 2.68. The van der Waals surface area contributed by atoms with Crippen LogP contribution in [0.3, 0.4) is 0 Å². The Balaban J connectivity index is 1.72. The number of rotatable bonds is 4. The normalized spacial score (nSPS) is 20.7. The molecule has 2 aromatic rings. The number of carbonyl (C=O) groups is 2. The first-order chi connectivity index (χ1) is 13.5. The van der Waals surface area contributed by atoms with Crippen LogP contribution in [0, 0.1) is 11.7 Å². The predicted molar refractivity (Wildman–Crippen MR) is 98.3 cm³/mol. The number of carbonyl (C=O) groups excluding carboxylic acids is 2. The van der Waals surface area contributed by atoms with Gasteiger partial charge in [-0.15, -0.1) is 0 Å². The number of hydrogen-bond acceptors (Lipinski definition) is 6. The quantitative estimate of drug-likeness (QED) is 0.732. The number of nitrogens with zero attached hydrogens (tertiary/aromatic N) is 2. The second-order valence-corrected chi connectivity index (χ2v) is 6.56. The number of oxime groups is 1. The monoisotopic (exact) mass is 404 g/mol. The van der Waals surface area contributed by atoms with Crippen LogP contribution in [-0.4, -0.2) is 37.8 Å². The first-order valence-corrected chi connectivity index (χ1v) is 8.63. The molecule has 0 bridgehead atoms. The maximum atomic E-state index is 13.8. The zero-order chi connectivity index (χ0) is 20.0. The Morgan fingerprint density at radius 3 is 2.57 bits per heavy atom. The minimum Gasteiger partial charge on any atom is -0.497 e. The summed E-state index contributed by atoms with van der Waals surface area (Å²) in [4.78, 5) is 31.9. The van der Waals surface area contributed by atoms with Crippen molar-refractivity contribution in [1.82, 2.24) is 0 Å². The first-order valence-electron chi connectivity index (χ1n) is 8.25. The lowest BCUT2D eigenvalue weighted by atomic mass is 9.93. The summed E-state index contributed by atoms with van der Waals surface area (Å²) in [5.41, 5.74) is 0.844. The highest BCUT2D eigenvalue weighted by Crippen LogP contribution is 2.38. The van der Waals surface area contributed by atoms with Gasteiger partial charge in [0.2, 0.25) is 12.0 Å². The Morgan fingerprint density at radius 2 is 1.89 bits per heavy atom. The van der Waals surface area contributed by atoms with E-state index >= 15 is 0 Å². The number of halogens is 2. The molecule has 2 amide bonds. The van der Waals surface area contributed by atoms with Crippen molar-refractivity contribution >= 4 is 34.8 Å². The molecule has 144 valence electrons. The first kappa shape index (κ1) is 18.2. The van der Waals surface area contributed by atoms with Gasteiger partial charge in [0.05, 0.1) is 24.9 Å². The van der Waals surface area contributed by atoms with Gasteiger partial charge in [0, 0.05) is 11.6 Å². The SMILES string of the molecule is COc1ccc(C2=NOC3C(=O)N(c4ccc(Cl)c(F)c4)C(=O)C23)c(OC)c1. The van der Waals surface area contributed by atoms with Crippen molar-refractivity contribution in [3.8, 4) is 11.5 Å². The van der Waals surface area contributed by atoms with Crippen LogP contribution in [0.15, 0.2) is 41.6 Å². The molecule has 2 aliphatic rings. The van der Waals surface area contributed by atoms with E-state index < -0.39 is 29.7 Å². The summed E-state index contributed by atoms with van der Waals surface area (Å²) < 4.78 is 24.4. The molecule has 7 nitrogen and oxygen atoms in total. The Kier molecular flexibility index (Phi) is 4.43. The van der Waals surface area contributed by atoms with Gasteiger partial charge in [0.1, 0.15) is 28.9 Å². The highest BCUT2D eigenvalue weighted by atomic mass is 35.5. The molecule has 0 radical (unpaired) electrons. The molecule has 1 saturated heterocycles. The van der Waals surface area contributed by atoms with Crippen LogP contribution in [0.1, 0.15) is 5.56 Å². The second kappa shape index (κ2) is 6.79. The molecule has 1 fully saturated rings. The average molecular weight is 405 g/mol. The van der Waals surface area contributed by atoms with Gasteiger partial charge in [-0.2, -0.15) is 0 Å². The molecular weight excluding hydrogens is 391 g/mol. The fourth-order valence-corrected chi connectivity index (χ4v) is 3.41. The van der Waals surface area contributed by atoms with E-state index in [0.717, 1.165) is 11.0 Å². The van der Waals surface area contributed by atoms with Crippen LogP contribution >= 0.6 is 11.6 Å². The van der Waals surface area contributed by atoms with Crippen molar-refractivity contribution in [3.05, 3.63) is 52.8 Å². The summed E-state index contributed by atoms with van der Waals surface area (Å²) in [7, 11) is 2.99. The molecular formula is C19H14ClFN2O5. The van der Waals surface area contributed by atoms with Gasteiger partial charge >= 0.3 is 0 Å². The lowest BCUT2D eigenvalue weighted by Crippen LogP contribution is -2.33. The highest BCUT2D eigenvalue weighted by molar-refractivity contribution is 6.33.